The molecule has 0 aliphatic carbocycles. The second kappa shape index (κ2) is 7.46. The molecule has 1 fully saturated rings. The Bertz CT molecular complexity index is 560. The van der Waals surface area contributed by atoms with E-state index in [1.807, 2.05) is 20.8 Å². The average molecular weight is 319 g/mol. The van der Waals surface area contributed by atoms with Crippen LogP contribution in [0.3, 0.4) is 0 Å². The minimum absolute atomic E-state index is 0.0835. The van der Waals surface area contributed by atoms with Crippen LogP contribution in [0, 0.1) is 0 Å². The van der Waals surface area contributed by atoms with Gasteiger partial charge < -0.3 is 20.7 Å². The standard InChI is InChI=1S/C17H25N3O3/c1-17(2,3)20-15(21)13-8-4-5-9-14(13)19-16(22)18-11-12-7-6-10-23-12/h4-5,8-9,12H,6-7,10-11H2,1-3H3,(H,20,21)(H2,18,19,22). The first-order chi connectivity index (χ1) is 10.8. The molecule has 0 saturated carbocycles. The van der Waals surface area contributed by atoms with Gasteiger partial charge in [-0.15, -0.1) is 0 Å². The molecule has 0 spiro atoms. The van der Waals surface area contributed by atoms with E-state index in [4.69, 9.17) is 4.74 Å². The van der Waals surface area contributed by atoms with Crippen LogP contribution in [0.5, 0.6) is 0 Å². The van der Waals surface area contributed by atoms with E-state index in [0.29, 0.717) is 17.8 Å². The molecule has 126 valence electrons. The molecule has 3 N–H and O–H groups in total. The molecule has 1 heterocycles. The number of hydrogen-bond donors (Lipinski definition) is 3. The van der Waals surface area contributed by atoms with Gasteiger partial charge in [-0.05, 0) is 45.7 Å². The topological polar surface area (TPSA) is 79.5 Å². The van der Waals surface area contributed by atoms with Gasteiger partial charge in [0.2, 0.25) is 0 Å². The monoisotopic (exact) mass is 319 g/mol. The minimum Gasteiger partial charge on any atom is -0.376 e. The molecular formula is C17H25N3O3. The molecule has 1 aromatic carbocycles. The molecule has 0 radical (unpaired) electrons. The molecule has 6 nitrogen and oxygen atoms in total. The Kier molecular flexibility index (Phi) is 5.60. The number of hydrogen-bond acceptors (Lipinski definition) is 3. The first-order valence-corrected chi connectivity index (χ1v) is 7.93. The van der Waals surface area contributed by atoms with Crippen molar-refractivity contribution in [1.29, 1.82) is 0 Å². The summed E-state index contributed by atoms with van der Waals surface area (Å²) in [5, 5.41) is 8.41. The van der Waals surface area contributed by atoms with Crippen LogP contribution < -0.4 is 16.0 Å². The predicted molar refractivity (Wildman–Crippen MR) is 89.7 cm³/mol. The largest absolute Gasteiger partial charge is 0.376 e. The number of para-hydroxylation sites is 1. The van der Waals surface area contributed by atoms with E-state index in [1.54, 1.807) is 24.3 Å². The third-order valence-corrected chi connectivity index (χ3v) is 3.42. The summed E-state index contributed by atoms with van der Waals surface area (Å²) < 4.78 is 5.46. The molecule has 6 heteroatoms. The molecular weight excluding hydrogens is 294 g/mol. The maximum atomic E-state index is 12.3. The van der Waals surface area contributed by atoms with E-state index in [0.717, 1.165) is 19.4 Å². The number of anilines is 1. The van der Waals surface area contributed by atoms with Crippen molar-refractivity contribution >= 4 is 17.6 Å². The van der Waals surface area contributed by atoms with Crippen LogP contribution in [0.2, 0.25) is 0 Å². The van der Waals surface area contributed by atoms with Gasteiger partial charge in [0.15, 0.2) is 0 Å². The molecule has 2 rings (SSSR count). The third-order valence-electron chi connectivity index (χ3n) is 3.42. The maximum absolute atomic E-state index is 12.3. The number of nitrogens with one attached hydrogen (secondary N) is 3. The van der Waals surface area contributed by atoms with Crippen molar-refractivity contribution in [3.05, 3.63) is 29.8 Å². The number of urea groups is 1. The molecule has 1 unspecified atom stereocenters. The molecule has 1 saturated heterocycles. The second-order valence-corrected chi connectivity index (χ2v) is 6.72. The fraction of sp³-hybridized carbons (Fsp3) is 0.529. The number of amides is 3. The van der Waals surface area contributed by atoms with E-state index in [9.17, 15) is 9.59 Å². The van der Waals surface area contributed by atoms with E-state index >= 15 is 0 Å². The highest BCUT2D eigenvalue weighted by Crippen LogP contribution is 2.16. The summed E-state index contributed by atoms with van der Waals surface area (Å²) in [4.78, 5) is 24.3. The lowest BCUT2D eigenvalue weighted by molar-refractivity contribution is 0.0920. The Labute approximate surface area is 137 Å². The van der Waals surface area contributed by atoms with Crippen LogP contribution in [-0.2, 0) is 4.74 Å². The van der Waals surface area contributed by atoms with Crippen molar-refractivity contribution in [2.45, 2.75) is 45.3 Å². The smallest absolute Gasteiger partial charge is 0.319 e. The number of rotatable bonds is 4. The summed E-state index contributed by atoms with van der Waals surface area (Å²) in [7, 11) is 0. The highest BCUT2D eigenvalue weighted by atomic mass is 16.5. The van der Waals surface area contributed by atoms with Gasteiger partial charge in [0, 0.05) is 18.7 Å². The van der Waals surface area contributed by atoms with Crippen molar-refractivity contribution in [2.24, 2.45) is 0 Å². The van der Waals surface area contributed by atoms with Gasteiger partial charge in [-0.3, -0.25) is 4.79 Å². The lowest BCUT2D eigenvalue weighted by Gasteiger charge is -2.21. The fourth-order valence-electron chi connectivity index (χ4n) is 2.38. The molecule has 23 heavy (non-hydrogen) atoms. The molecule has 1 aliphatic rings. The zero-order chi connectivity index (χ0) is 16.9. The summed E-state index contributed by atoms with van der Waals surface area (Å²) in [6.45, 7) is 6.96. The molecule has 1 aliphatic heterocycles. The van der Waals surface area contributed by atoms with E-state index in [-0.39, 0.29) is 23.6 Å². The van der Waals surface area contributed by atoms with Crippen LogP contribution in [0.1, 0.15) is 44.0 Å². The Morgan fingerprint density at radius 3 is 2.65 bits per heavy atom. The Morgan fingerprint density at radius 2 is 2.00 bits per heavy atom. The van der Waals surface area contributed by atoms with E-state index < -0.39 is 0 Å². The zero-order valence-corrected chi connectivity index (χ0v) is 13.9. The van der Waals surface area contributed by atoms with Crippen LogP contribution in [0.15, 0.2) is 24.3 Å². The summed E-state index contributed by atoms with van der Waals surface area (Å²) in [6.07, 6.45) is 2.08. The number of benzene rings is 1. The van der Waals surface area contributed by atoms with E-state index in [1.165, 1.54) is 0 Å². The van der Waals surface area contributed by atoms with Crippen LogP contribution in [-0.4, -0.2) is 36.7 Å². The summed E-state index contributed by atoms with van der Waals surface area (Å²) >= 11 is 0. The van der Waals surface area contributed by atoms with Crippen molar-refractivity contribution in [3.63, 3.8) is 0 Å². The quantitative estimate of drug-likeness (QED) is 0.798. The number of carbonyl (C=O) groups is 2. The molecule has 3 amide bonds. The lowest BCUT2D eigenvalue weighted by atomic mass is 10.1. The molecule has 0 bridgehead atoms. The van der Waals surface area contributed by atoms with Gasteiger partial charge in [0.05, 0.1) is 17.4 Å². The molecule has 1 aromatic rings. The van der Waals surface area contributed by atoms with Gasteiger partial charge >= 0.3 is 6.03 Å². The summed E-state index contributed by atoms with van der Waals surface area (Å²) in [6, 6.07) is 6.62. The zero-order valence-electron chi connectivity index (χ0n) is 13.9. The number of carbonyl (C=O) groups excluding carboxylic acids is 2. The minimum atomic E-state index is -0.341. The van der Waals surface area contributed by atoms with Gasteiger partial charge in [0.25, 0.3) is 5.91 Å². The van der Waals surface area contributed by atoms with Crippen molar-refractivity contribution in [2.75, 3.05) is 18.5 Å². The Hall–Kier alpha value is -2.08. The Morgan fingerprint density at radius 1 is 1.26 bits per heavy atom. The van der Waals surface area contributed by atoms with Gasteiger partial charge in [0.1, 0.15) is 0 Å². The SMILES string of the molecule is CC(C)(C)NC(=O)c1ccccc1NC(=O)NCC1CCCO1. The Balaban J connectivity index is 1.96. The first-order valence-electron chi connectivity index (χ1n) is 7.93. The lowest BCUT2D eigenvalue weighted by Crippen LogP contribution is -2.41. The average Bonchev–Trinajstić information content (AvgIpc) is 2.97. The highest BCUT2D eigenvalue weighted by Gasteiger charge is 2.19. The molecule has 1 atom stereocenters. The van der Waals surface area contributed by atoms with Gasteiger partial charge in [-0.2, -0.15) is 0 Å². The van der Waals surface area contributed by atoms with Crippen molar-refractivity contribution < 1.29 is 14.3 Å². The summed E-state index contributed by atoms with van der Waals surface area (Å²) in [5.41, 5.74) is 0.584. The number of ether oxygens (including phenoxy) is 1. The fourth-order valence-corrected chi connectivity index (χ4v) is 2.38. The third kappa shape index (κ3) is 5.56. The maximum Gasteiger partial charge on any atom is 0.319 e. The molecule has 0 aromatic heterocycles. The summed E-state index contributed by atoms with van der Waals surface area (Å²) in [5.74, 6) is -0.215. The van der Waals surface area contributed by atoms with Crippen LogP contribution >= 0.6 is 0 Å². The first kappa shape index (κ1) is 17.3. The normalized spacial score (nSPS) is 17.6. The van der Waals surface area contributed by atoms with Gasteiger partial charge in [-0.1, -0.05) is 12.1 Å². The van der Waals surface area contributed by atoms with Gasteiger partial charge in [-0.25, -0.2) is 4.79 Å². The van der Waals surface area contributed by atoms with Crippen LogP contribution in [0.4, 0.5) is 10.5 Å². The second-order valence-electron chi connectivity index (χ2n) is 6.72. The van der Waals surface area contributed by atoms with Crippen LogP contribution in [0.25, 0.3) is 0 Å². The van der Waals surface area contributed by atoms with Crippen molar-refractivity contribution in [3.8, 4) is 0 Å². The van der Waals surface area contributed by atoms with Crippen molar-refractivity contribution in [1.82, 2.24) is 10.6 Å². The highest BCUT2D eigenvalue weighted by molar-refractivity contribution is 6.03. The predicted octanol–water partition coefficient (Wildman–Crippen LogP) is 2.52. The van der Waals surface area contributed by atoms with E-state index in [2.05, 4.69) is 16.0 Å².